The molecule has 1 atom stereocenters. The summed E-state index contributed by atoms with van der Waals surface area (Å²) < 4.78 is 82.0. The molecule has 3 aromatic rings. The molecule has 4 rings (SSSR count). The lowest BCUT2D eigenvalue weighted by Gasteiger charge is -2.17. The Balaban J connectivity index is 1.45. The standard InChI is InChI=1S/C21H15F6N3O2/c22-20(23,24)15-6-4-13(5-7-15)18-28-19(32-29-18)14-9-17(31)30(11-14)10-12-2-1-3-16(8-12)21(25,26)27/h1-8,14H,9-11H2. The fourth-order valence-electron chi connectivity index (χ4n) is 3.48. The van der Waals surface area contributed by atoms with Crippen LogP contribution in [0.3, 0.4) is 0 Å². The molecule has 0 aliphatic carbocycles. The molecule has 1 unspecified atom stereocenters. The summed E-state index contributed by atoms with van der Waals surface area (Å²) in [7, 11) is 0. The van der Waals surface area contributed by atoms with Crippen LogP contribution in [0.1, 0.15) is 34.9 Å². The molecular weight excluding hydrogens is 440 g/mol. The van der Waals surface area contributed by atoms with Gasteiger partial charge in [0.25, 0.3) is 0 Å². The molecule has 0 spiro atoms. The van der Waals surface area contributed by atoms with Gasteiger partial charge in [-0.15, -0.1) is 0 Å². The molecular formula is C21H15F6N3O2. The van der Waals surface area contributed by atoms with Crippen LogP contribution in [-0.2, 0) is 23.7 Å². The van der Waals surface area contributed by atoms with Gasteiger partial charge in [0.15, 0.2) is 0 Å². The van der Waals surface area contributed by atoms with Crippen molar-refractivity contribution in [3.8, 4) is 11.4 Å². The smallest absolute Gasteiger partial charge is 0.339 e. The maximum atomic E-state index is 12.9. The summed E-state index contributed by atoms with van der Waals surface area (Å²) in [6, 6.07) is 8.99. The van der Waals surface area contributed by atoms with Gasteiger partial charge in [0.2, 0.25) is 17.6 Å². The topological polar surface area (TPSA) is 59.2 Å². The first kappa shape index (κ1) is 21.8. The average molecular weight is 455 g/mol. The monoisotopic (exact) mass is 455 g/mol. The summed E-state index contributed by atoms with van der Waals surface area (Å²) in [6.07, 6.45) is -8.91. The summed E-state index contributed by atoms with van der Waals surface area (Å²) >= 11 is 0. The number of hydrogen-bond acceptors (Lipinski definition) is 4. The molecule has 1 aliphatic rings. The van der Waals surface area contributed by atoms with E-state index in [4.69, 9.17) is 4.52 Å². The highest BCUT2D eigenvalue weighted by molar-refractivity contribution is 5.79. The minimum Gasteiger partial charge on any atom is -0.339 e. The van der Waals surface area contributed by atoms with Crippen LogP contribution < -0.4 is 0 Å². The second kappa shape index (κ2) is 7.95. The van der Waals surface area contributed by atoms with E-state index >= 15 is 0 Å². The van der Waals surface area contributed by atoms with Gasteiger partial charge in [-0.2, -0.15) is 31.3 Å². The van der Waals surface area contributed by atoms with Gasteiger partial charge in [-0.25, -0.2) is 0 Å². The lowest BCUT2D eigenvalue weighted by atomic mass is 10.1. The molecule has 2 heterocycles. The van der Waals surface area contributed by atoms with Crippen molar-refractivity contribution < 1.29 is 35.7 Å². The fourth-order valence-corrected chi connectivity index (χ4v) is 3.48. The van der Waals surface area contributed by atoms with E-state index in [0.717, 1.165) is 24.3 Å². The Morgan fingerprint density at radius 2 is 1.66 bits per heavy atom. The third-order valence-corrected chi connectivity index (χ3v) is 5.10. The van der Waals surface area contributed by atoms with Gasteiger partial charge in [0.1, 0.15) is 0 Å². The maximum absolute atomic E-state index is 12.9. The molecule has 0 saturated carbocycles. The van der Waals surface area contributed by atoms with Crippen molar-refractivity contribution >= 4 is 5.91 Å². The van der Waals surface area contributed by atoms with Crippen molar-refractivity contribution in [2.45, 2.75) is 31.2 Å². The lowest BCUT2D eigenvalue weighted by molar-refractivity contribution is -0.138. The number of nitrogens with zero attached hydrogens (tertiary/aromatic N) is 3. The molecule has 0 radical (unpaired) electrons. The van der Waals surface area contributed by atoms with Crippen molar-refractivity contribution in [1.82, 2.24) is 15.0 Å². The highest BCUT2D eigenvalue weighted by atomic mass is 19.4. The molecule has 1 saturated heterocycles. The van der Waals surface area contributed by atoms with Gasteiger partial charge < -0.3 is 9.42 Å². The van der Waals surface area contributed by atoms with Crippen molar-refractivity contribution in [2.24, 2.45) is 0 Å². The van der Waals surface area contributed by atoms with Crippen LogP contribution in [0.2, 0.25) is 0 Å². The fraction of sp³-hybridized carbons (Fsp3) is 0.286. The van der Waals surface area contributed by atoms with Crippen molar-refractivity contribution in [1.29, 1.82) is 0 Å². The molecule has 1 aliphatic heterocycles. The molecule has 32 heavy (non-hydrogen) atoms. The first-order valence-electron chi connectivity index (χ1n) is 9.46. The van der Waals surface area contributed by atoms with Crippen molar-refractivity contribution in [3.05, 3.63) is 71.1 Å². The van der Waals surface area contributed by atoms with E-state index in [1.165, 1.54) is 29.2 Å². The summed E-state index contributed by atoms with van der Waals surface area (Å²) in [5.74, 6) is -0.525. The summed E-state index contributed by atoms with van der Waals surface area (Å²) in [4.78, 5) is 18.0. The second-order valence-corrected chi connectivity index (χ2v) is 7.40. The van der Waals surface area contributed by atoms with E-state index in [2.05, 4.69) is 10.1 Å². The zero-order chi connectivity index (χ0) is 23.1. The highest BCUT2D eigenvalue weighted by Crippen LogP contribution is 2.33. The van der Waals surface area contributed by atoms with Gasteiger partial charge in [0.05, 0.1) is 17.0 Å². The molecule has 168 valence electrons. The van der Waals surface area contributed by atoms with Crippen LogP contribution in [0.4, 0.5) is 26.3 Å². The molecule has 5 nitrogen and oxygen atoms in total. The summed E-state index contributed by atoms with van der Waals surface area (Å²) in [5.41, 5.74) is -0.948. The van der Waals surface area contributed by atoms with Crippen molar-refractivity contribution in [3.63, 3.8) is 0 Å². The van der Waals surface area contributed by atoms with E-state index in [1.54, 1.807) is 0 Å². The van der Waals surface area contributed by atoms with E-state index < -0.39 is 29.4 Å². The predicted octanol–water partition coefficient (Wildman–Crippen LogP) is 5.29. The first-order chi connectivity index (χ1) is 15.0. The number of alkyl halides is 6. The Labute approximate surface area is 177 Å². The van der Waals surface area contributed by atoms with Gasteiger partial charge in [-0.05, 0) is 29.8 Å². The third kappa shape index (κ3) is 4.61. The lowest BCUT2D eigenvalue weighted by Crippen LogP contribution is -2.24. The third-order valence-electron chi connectivity index (χ3n) is 5.10. The van der Waals surface area contributed by atoms with Crippen LogP contribution in [-0.4, -0.2) is 27.5 Å². The molecule has 11 heteroatoms. The number of hydrogen-bond donors (Lipinski definition) is 0. The second-order valence-electron chi connectivity index (χ2n) is 7.40. The van der Waals surface area contributed by atoms with E-state index in [1.807, 2.05) is 0 Å². The van der Waals surface area contributed by atoms with Crippen LogP contribution >= 0.6 is 0 Å². The van der Waals surface area contributed by atoms with Crippen LogP contribution in [0.25, 0.3) is 11.4 Å². The zero-order valence-electron chi connectivity index (χ0n) is 16.2. The SMILES string of the molecule is O=C1CC(c2nc(-c3ccc(C(F)(F)F)cc3)no2)CN1Cc1cccc(C(F)(F)F)c1. The van der Waals surface area contributed by atoms with Gasteiger partial charge in [0, 0.05) is 25.1 Å². The van der Waals surface area contributed by atoms with Crippen LogP contribution in [0, 0.1) is 0 Å². The molecule has 2 aromatic carbocycles. The molecule has 1 amide bonds. The number of benzene rings is 2. The number of carbonyl (C=O) groups is 1. The average Bonchev–Trinajstić information content (AvgIpc) is 3.34. The van der Waals surface area contributed by atoms with Crippen LogP contribution in [0.15, 0.2) is 53.1 Å². The summed E-state index contributed by atoms with van der Waals surface area (Å²) in [6.45, 7) is 0.170. The highest BCUT2D eigenvalue weighted by Gasteiger charge is 2.35. The molecule has 0 N–H and O–H groups in total. The Morgan fingerprint density at radius 3 is 2.31 bits per heavy atom. The van der Waals surface area contributed by atoms with E-state index in [0.29, 0.717) is 11.1 Å². The zero-order valence-corrected chi connectivity index (χ0v) is 16.2. The Bertz CT molecular complexity index is 1120. The summed E-state index contributed by atoms with van der Waals surface area (Å²) in [5, 5.41) is 3.77. The number of rotatable bonds is 4. The first-order valence-corrected chi connectivity index (χ1v) is 9.46. The predicted molar refractivity (Wildman–Crippen MR) is 99.0 cm³/mol. The van der Waals surface area contributed by atoms with Gasteiger partial charge in [-0.1, -0.05) is 29.4 Å². The Kier molecular flexibility index (Phi) is 5.43. The van der Waals surface area contributed by atoms with Crippen molar-refractivity contribution in [2.75, 3.05) is 6.54 Å². The van der Waals surface area contributed by atoms with Crippen LogP contribution in [0.5, 0.6) is 0 Å². The number of halogens is 6. The maximum Gasteiger partial charge on any atom is 0.416 e. The quantitative estimate of drug-likeness (QED) is 0.502. The van der Waals surface area contributed by atoms with E-state index in [-0.39, 0.29) is 37.1 Å². The number of amides is 1. The number of carbonyl (C=O) groups excluding carboxylic acids is 1. The van der Waals surface area contributed by atoms with Gasteiger partial charge in [-0.3, -0.25) is 4.79 Å². The largest absolute Gasteiger partial charge is 0.416 e. The number of likely N-dealkylation sites (tertiary alicyclic amines) is 1. The molecule has 1 fully saturated rings. The minimum absolute atomic E-state index is 0.000841. The minimum atomic E-state index is -4.48. The van der Waals surface area contributed by atoms with Gasteiger partial charge >= 0.3 is 12.4 Å². The molecule has 1 aromatic heterocycles. The normalized spacial score (nSPS) is 17.2. The Hall–Kier alpha value is -3.37. The molecule has 0 bridgehead atoms. The van der Waals surface area contributed by atoms with E-state index in [9.17, 15) is 31.1 Å². The Morgan fingerprint density at radius 1 is 0.969 bits per heavy atom. The number of aromatic nitrogens is 2.